The largest absolute Gasteiger partial charge is 0.213 e. The van der Waals surface area contributed by atoms with Crippen LogP contribution in [0.3, 0.4) is 0 Å². The summed E-state index contributed by atoms with van der Waals surface area (Å²) >= 11 is 0. The summed E-state index contributed by atoms with van der Waals surface area (Å²) in [7, 11) is 2.10. The van der Waals surface area contributed by atoms with Crippen LogP contribution in [0.4, 0.5) is 0 Å². The second-order valence-corrected chi connectivity index (χ2v) is 7.92. The third-order valence-electron chi connectivity index (χ3n) is 6.10. The molecule has 0 amide bonds. The molecule has 1 heterocycles. The van der Waals surface area contributed by atoms with Crippen molar-refractivity contribution in [3.8, 4) is 11.3 Å². The van der Waals surface area contributed by atoms with Crippen LogP contribution in [0.25, 0.3) is 22.2 Å². The molecule has 0 bridgehead atoms. The predicted octanol–water partition coefficient (Wildman–Crippen LogP) is 6.30. The maximum atomic E-state index is 7.92. The van der Waals surface area contributed by atoms with E-state index in [-0.39, 0.29) is 0 Å². The van der Waals surface area contributed by atoms with Crippen LogP contribution in [0.2, 0.25) is 0 Å². The smallest absolute Gasteiger partial charge is 0.194 e. The third-order valence-corrected chi connectivity index (χ3v) is 6.10. The molecule has 0 N–H and O–H groups in total. The van der Waals surface area contributed by atoms with E-state index < -0.39 is 6.85 Å². The minimum Gasteiger partial charge on any atom is -0.194 e. The quantitative estimate of drug-likeness (QED) is 0.479. The molecular formula is C25H30N+. The molecule has 0 aliphatic heterocycles. The summed E-state index contributed by atoms with van der Waals surface area (Å²) in [4.78, 5) is 0. The second kappa shape index (κ2) is 6.87. The highest BCUT2D eigenvalue weighted by Gasteiger charge is 2.20. The molecule has 0 radical (unpaired) electrons. The van der Waals surface area contributed by atoms with Gasteiger partial charge >= 0.3 is 0 Å². The monoisotopic (exact) mass is 347 g/mol. The van der Waals surface area contributed by atoms with E-state index in [0.717, 1.165) is 22.4 Å². The highest BCUT2D eigenvalue weighted by molar-refractivity contribution is 5.79. The van der Waals surface area contributed by atoms with Crippen molar-refractivity contribution in [3.05, 3.63) is 64.7 Å². The summed E-state index contributed by atoms with van der Waals surface area (Å²) in [6.45, 7) is 1.80. The number of aromatic nitrogens is 1. The number of hydrogen-bond acceptors (Lipinski definition) is 0. The first-order valence-corrected chi connectivity index (χ1v) is 9.80. The normalized spacial score (nSPS) is 17.7. The maximum absolute atomic E-state index is 7.92. The Bertz CT molecular complexity index is 1060. The molecule has 1 aliphatic carbocycles. The summed E-state index contributed by atoms with van der Waals surface area (Å²) in [6.07, 6.45) is 6.59. The van der Waals surface area contributed by atoms with E-state index in [1.54, 1.807) is 6.07 Å². The van der Waals surface area contributed by atoms with Crippen molar-refractivity contribution in [2.45, 2.75) is 58.7 Å². The number of hydrogen-bond donors (Lipinski definition) is 0. The molecule has 4 rings (SSSR count). The lowest BCUT2D eigenvalue weighted by Gasteiger charge is -2.21. The van der Waals surface area contributed by atoms with Gasteiger partial charge in [0.05, 0.1) is 0 Å². The SMILES string of the molecule is [2H]C([2H])([2H])c1cc(C)cc(-c2ccc3ccc(C4CCCCC4)cc3[n+]2C)c1C. The van der Waals surface area contributed by atoms with Crippen LogP contribution in [0, 0.1) is 20.7 Å². The zero-order valence-electron chi connectivity index (χ0n) is 19.1. The average Bonchev–Trinajstić information content (AvgIpc) is 2.70. The maximum Gasteiger partial charge on any atom is 0.213 e. The van der Waals surface area contributed by atoms with Crippen LogP contribution < -0.4 is 4.57 Å². The lowest BCUT2D eigenvalue weighted by Crippen LogP contribution is -2.32. The van der Waals surface area contributed by atoms with Crippen LogP contribution in [0.1, 0.15) is 64.4 Å². The molecular weight excluding hydrogens is 314 g/mol. The number of aryl methyl sites for hydroxylation is 3. The molecule has 134 valence electrons. The molecule has 1 fully saturated rings. The molecule has 0 atom stereocenters. The Morgan fingerprint density at radius 2 is 1.73 bits per heavy atom. The van der Waals surface area contributed by atoms with Gasteiger partial charge in [-0.3, -0.25) is 0 Å². The van der Waals surface area contributed by atoms with Gasteiger partial charge in [-0.1, -0.05) is 37.0 Å². The van der Waals surface area contributed by atoms with E-state index in [2.05, 4.69) is 48.0 Å². The van der Waals surface area contributed by atoms with Crippen molar-refractivity contribution in [1.82, 2.24) is 0 Å². The number of pyridine rings is 1. The predicted molar refractivity (Wildman–Crippen MR) is 111 cm³/mol. The first-order chi connectivity index (χ1) is 13.8. The van der Waals surface area contributed by atoms with Gasteiger partial charge in [0.2, 0.25) is 11.2 Å². The average molecular weight is 348 g/mol. The zero-order valence-corrected chi connectivity index (χ0v) is 16.1. The van der Waals surface area contributed by atoms with Crippen LogP contribution in [0.5, 0.6) is 0 Å². The molecule has 0 unspecified atom stereocenters. The fourth-order valence-electron chi connectivity index (χ4n) is 4.49. The van der Waals surface area contributed by atoms with Crippen molar-refractivity contribution in [3.63, 3.8) is 0 Å². The van der Waals surface area contributed by atoms with Gasteiger partial charge in [-0.15, -0.1) is 0 Å². The highest BCUT2D eigenvalue weighted by Crippen LogP contribution is 2.34. The van der Waals surface area contributed by atoms with Crippen LogP contribution in [0.15, 0.2) is 42.5 Å². The third kappa shape index (κ3) is 3.05. The number of rotatable bonds is 2. The van der Waals surface area contributed by atoms with E-state index in [0.29, 0.717) is 11.5 Å². The lowest BCUT2D eigenvalue weighted by molar-refractivity contribution is -0.633. The van der Waals surface area contributed by atoms with E-state index in [1.807, 2.05) is 13.8 Å². The molecule has 1 aromatic heterocycles. The molecule has 0 spiro atoms. The van der Waals surface area contributed by atoms with Crippen molar-refractivity contribution >= 4 is 10.9 Å². The van der Waals surface area contributed by atoms with Gasteiger partial charge in [-0.05, 0) is 74.3 Å². The Morgan fingerprint density at radius 1 is 0.962 bits per heavy atom. The van der Waals surface area contributed by atoms with Crippen molar-refractivity contribution in [2.75, 3.05) is 0 Å². The Balaban J connectivity index is 1.87. The zero-order chi connectivity index (χ0) is 20.8. The minimum atomic E-state index is -2.10. The number of fused-ring (bicyclic) bond motifs is 1. The Morgan fingerprint density at radius 3 is 2.50 bits per heavy atom. The van der Waals surface area contributed by atoms with Crippen LogP contribution >= 0.6 is 0 Å². The summed E-state index contributed by atoms with van der Waals surface area (Å²) in [6, 6.07) is 15.1. The summed E-state index contributed by atoms with van der Waals surface area (Å²) in [5.41, 5.74) is 6.98. The van der Waals surface area contributed by atoms with Gasteiger partial charge in [-0.2, -0.15) is 4.57 Å². The molecule has 0 saturated heterocycles. The van der Waals surface area contributed by atoms with Gasteiger partial charge in [0.1, 0.15) is 7.05 Å². The standard InChI is InChI=1S/C25H30N/c1-17-14-18(2)19(3)23(15-17)24-13-12-21-10-11-22(16-25(21)26(24)4)20-8-6-5-7-9-20/h10-16,20H,5-9H2,1-4H3/q+1/i2D3. The molecule has 1 heteroatoms. The first-order valence-electron chi connectivity index (χ1n) is 11.3. The van der Waals surface area contributed by atoms with Crippen molar-refractivity contribution in [1.29, 1.82) is 0 Å². The van der Waals surface area contributed by atoms with Crippen molar-refractivity contribution in [2.24, 2.45) is 7.05 Å². The molecule has 2 aromatic carbocycles. The molecule has 26 heavy (non-hydrogen) atoms. The lowest BCUT2D eigenvalue weighted by atomic mass is 9.84. The minimum absolute atomic E-state index is 0.448. The van der Waals surface area contributed by atoms with Gasteiger partial charge in [-0.25, -0.2) is 0 Å². The Kier molecular flexibility index (Phi) is 3.69. The van der Waals surface area contributed by atoms with Crippen LogP contribution in [-0.2, 0) is 7.05 Å². The molecule has 3 aromatic rings. The summed E-state index contributed by atoms with van der Waals surface area (Å²) in [5.74, 6) is 0.666. The highest BCUT2D eigenvalue weighted by atomic mass is 14.9. The van der Waals surface area contributed by atoms with Gasteiger partial charge < -0.3 is 0 Å². The Hall–Kier alpha value is -2.15. The number of nitrogens with zero attached hydrogens (tertiary/aromatic N) is 1. The topological polar surface area (TPSA) is 3.88 Å². The van der Waals surface area contributed by atoms with E-state index in [4.69, 9.17) is 4.11 Å². The Labute approximate surface area is 161 Å². The molecule has 1 saturated carbocycles. The van der Waals surface area contributed by atoms with E-state index in [1.165, 1.54) is 48.6 Å². The van der Waals surface area contributed by atoms with Gasteiger partial charge in [0.15, 0.2) is 0 Å². The fourth-order valence-corrected chi connectivity index (χ4v) is 4.49. The summed E-state index contributed by atoms with van der Waals surface area (Å²) < 4.78 is 26.0. The van der Waals surface area contributed by atoms with Gasteiger partial charge in [0.25, 0.3) is 0 Å². The number of benzene rings is 2. The van der Waals surface area contributed by atoms with E-state index >= 15 is 0 Å². The van der Waals surface area contributed by atoms with Crippen molar-refractivity contribution < 1.29 is 8.68 Å². The fraction of sp³-hybridized carbons (Fsp3) is 0.400. The first kappa shape index (κ1) is 14.0. The summed E-state index contributed by atoms with van der Waals surface area (Å²) in [5, 5.41) is 1.22. The molecule has 1 nitrogen and oxygen atoms in total. The molecule has 1 aliphatic rings. The van der Waals surface area contributed by atoms with Crippen LogP contribution in [-0.4, -0.2) is 0 Å². The van der Waals surface area contributed by atoms with Gasteiger partial charge in [0, 0.05) is 27.2 Å². The van der Waals surface area contributed by atoms with E-state index in [9.17, 15) is 0 Å². The second-order valence-electron chi connectivity index (χ2n) is 7.92.